The minimum Gasteiger partial charge on any atom is -0.396 e. The van der Waals surface area contributed by atoms with Gasteiger partial charge >= 0.3 is 0 Å². The summed E-state index contributed by atoms with van der Waals surface area (Å²) in [5.74, 6) is 1.50. The van der Waals surface area contributed by atoms with E-state index < -0.39 is 0 Å². The van der Waals surface area contributed by atoms with Crippen LogP contribution in [0.5, 0.6) is 0 Å². The Labute approximate surface area is 99.2 Å². The van der Waals surface area contributed by atoms with E-state index in [0.29, 0.717) is 6.61 Å². The van der Waals surface area contributed by atoms with Gasteiger partial charge in [0.25, 0.3) is 0 Å². The Morgan fingerprint density at radius 2 is 2.19 bits per heavy atom. The second-order valence-corrected chi connectivity index (χ2v) is 5.71. The fourth-order valence-corrected chi connectivity index (χ4v) is 2.66. The first-order chi connectivity index (χ1) is 7.78. The summed E-state index contributed by atoms with van der Waals surface area (Å²) in [4.78, 5) is 2.57. The van der Waals surface area contributed by atoms with Crippen LogP contribution in [-0.2, 0) is 0 Å². The Morgan fingerprint density at radius 3 is 2.88 bits per heavy atom. The van der Waals surface area contributed by atoms with Crippen LogP contribution in [0.1, 0.15) is 32.6 Å². The third-order valence-corrected chi connectivity index (χ3v) is 3.81. The van der Waals surface area contributed by atoms with E-state index in [0.717, 1.165) is 24.3 Å². The molecule has 1 saturated heterocycles. The average Bonchev–Trinajstić information content (AvgIpc) is 2.99. The molecule has 94 valence electrons. The lowest BCUT2D eigenvalue weighted by atomic mass is 10.1. The molecule has 0 aromatic carbocycles. The second-order valence-electron chi connectivity index (χ2n) is 5.71. The van der Waals surface area contributed by atoms with Crippen molar-refractivity contribution >= 4 is 0 Å². The van der Waals surface area contributed by atoms with Crippen molar-refractivity contribution in [3.8, 4) is 0 Å². The second kappa shape index (κ2) is 5.99. The highest BCUT2D eigenvalue weighted by Crippen LogP contribution is 2.21. The predicted octanol–water partition coefficient (Wildman–Crippen LogP) is 1.08. The summed E-state index contributed by atoms with van der Waals surface area (Å²) in [6.45, 7) is 7.53. The molecule has 2 unspecified atom stereocenters. The quantitative estimate of drug-likeness (QED) is 0.682. The van der Waals surface area contributed by atoms with Crippen LogP contribution < -0.4 is 5.32 Å². The van der Waals surface area contributed by atoms with Gasteiger partial charge < -0.3 is 15.3 Å². The molecule has 2 atom stereocenters. The maximum atomic E-state index is 8.92. The summed E-state index contributed by atoms with van der Waals surface area (Å²) in [6, 6.07) is 0.836. The van der Waals surface area contributed by atoms with Gasteiger partial charge in [0.1, 0.15) is 0 Å². The zero-order valence-corrected chi connectivity index (χ0v) is 10.5. The fourth-order valence-electron chi connectivity index (χ4n) is 2.66. The van der Waals surface area contributed by atoms with E-state index in [9.17, 15) is 0 Å². The molecule has 2 fully saturated rings. The van der Waals surface area contributed by atoms with Crippen LogP contribution in [0.15, 0.2) is 0 Å². The van der Waals surface area contributed by atoms with Crippen molar-refractivity contribution in [3.05, 3.63) is 0 Å². The van der Waals surface area contributed by atoms with Gasteiger partial charge in [0.05, 0.1) is 0 Å². The summed E-state index contributed by atoms with van der Waals surface area (Å²) in [6.07, 6.45) is 5.04. The molecule has 3 nitrogen and oxygen atoms in total. The first kappa shape index (κ1) is 12.3. The summed E-state index contributed by atoms with van der Waals surface area (Å²) < 4.78 is 0. The molecule has 0 spiro atoms. The first-order valence-electron chi connectivity index (χ1n) is 6.84. The molecule has 1 aliphatic carbocycles. The number of aliphatic hydroxyl groups excluding tert-OH is 1. The zero-order chi connectivity index (χ0) is 11.4. The summed E-state index contributed by atoms with van der Waals surface area (Å²) in [7, 11) is 0. The molecule has 1 saturated carbocycles. The van der Waals surface area contributed by atoms with Gasteiger partial charge in [0.15, 0.2) is 0 Å². The SMILES string of the molecule is CC(CNC1CC1)CN1CCC(CCO)C1. The fraction of sp³-hybridized carbons (Fsp3) is 1.00. The number of hydrogen-bond acceptors (Lipinski definition) is 3. The number of nitrogens with zero attached hydrogens (tertiary/aromatic N) is 1. The molecular formula is C13H26N2O. The zero-order valence-electron chi connectivity index (χ0n) is 10.5. The topological polar surface area (TPSA) is 35.5 Å². The average molecular weight is 226 g/mol. The molecule has 2 rings (SSSR count). The van der Waals surface area contributed by atoms with E-state index >= 15 is 0 Å². The number of rotatable bonds is 7. The molecule has 1 aliphatic heterocycles. The van der Waals surface area contributed by atoms with E-state index in [-0.39, 0.29) is 0 Å². The molecule has 1 heterocycles. The number of nitrogens with one attached hydrogen (secondary N) is 1. The molecule has 0 amide bonds. The molecule has 2 N–H and O–H groups in total. The van der Waals surface area contributed by atoms with Crippen molar-refractivity contribution in [1.29, 1.82) is 0 Å². The molecule has 3 heteroatoms. The Morgan fingerprint density at radius 1 is 1.38 bits per heavy atom. The van der Waals surface area contributed by atoms with Crippen LogP contribution in [-0.4, -0.2) is 48.8 Å². The first-order valence-corrected chi connectivity index (χ1v) is 6.84. The van der Waals surface area contributed by atoms with Crippen molar-refractivity contribution in [2.45, 2.75) is 38.6 Å². The monoisotopic (exact) mass is 226 g/mol. The molecule has 0 bridgehead atoms. The summed E-state index contributed by atoms with van der Waals surface area (Å²) in [5.41, 5.74) is 0. The Bertz CT molecular complexity index is 206. The van der Waals surface area contributed by atoms with Gasteiger partial charge in [-0.15, -0.1) is 0 Å². The molecule has 0 aromatic rings. The van der Waals surface area contributed by atoms with Crippen molar-refractivity contribution in [3.63, 3.8) is 0 Å². The van der Waals surface area contributed by atoms with Gasteiger partial charge in [-0.25, -0.2) is 0 Å². The van der Waals surface area contributed by atoms with E-state index in [1.54, 1.807) is 0 Å². The third kappa shape index (κ3) is 4.04. The molecular weight excluding hydrogens is 200 g/mol. The van der Waals surface area contributed by atoms with Crippen LogP contribution in [0, 0.1) is 11.8 Å². The minimum atomic E-state index is 0.358. The van der Waals surface area contributed by atoms with Crippen molar-refractivity contribution in [2.24, 2.45) is 11.8 Å². The van der Waals surface area contributed by atoms with Crippen LogP contribution in [0.4, 0.5) is 0 Å². The molecule has 2 aliphatic rings. The van der Waals surface area contributed by atoms with Gasteiger partial charge in [-0.05, 0) is 50.6 Å². The smallest absolute Gasteiger partial charge is 0.0434 e. The highest BCUT2D eigenvalue weighted by atomic mass is 16.3. The Hall–Kier alpha value is -0.120. The van der Waals surface area contributed by atoms with Crippen molar-refractivity contribution in [1.82, 2.24) is 10.2 Å². The highest BCUT2D eigenvalue weighted by molar-refractivity contribution is 4.82. The number of likely N-dealkylation sites (tertiary alicyclic amines) is 1. The van der Waals surface area contributed by atoms with Gasteiger partial charge in [0, 0.05) is 25.7 Å². The summed E-state index contributed by atoms with van der Waals surface area (Å²) in [5, 5.41) is 12.5. The van der Waals surface area contributed by atoms with E-state index in [2.05, 4.69) is 17.1 Å². The van der Waals surface area contributed by atoms with E-state index in [4.69, 9.17) is 5.11 Å². The largest absolute Gasteiger partial charge is 0.396 e. The van der Waals surface area contributed by atoms with Crippen molar-refractivity contribution < 1.29 is 5.11 Å². The predicted molar refractivity (Wildman–Crippen MR) is 66.4 cm³/mol. The van der Waals surface area contributed by atoms with Gasteiger partial charge in [-0.3, -0.25) is 0 Å². The van der Waals surface area contributed by atoms with Gasteiger partial charge in [-0.2, -0.15) is 0 Å². The van der Waals surface area contributed by atoms with Gasteiger partial charge in [-0.1, -0.05) is 6.92 Å². The lowest BCUT2D eigenvalue weighted by Gasteiger charge is -2.21. The molecule has 0 radical (unpaired) electrons. The number of hydrogen-bond donors (Lipinski definition) is 2. The van der Waals surface area contributed by atoms with Crippen LogP contribution >= 0.6 is 0 Å². The Kier molecular flexibility index (Phi) is 4.62. The van der Waals surface area contributed by atoms with E-state index in [1.807, 2.05) is 0 Å². The van der Waals surface area contributed by atoms with Crippen LogP contribution in [0.2, 0.25) is 0 Å². The molecule has 0 aromatic heterocycles. The summed E-state index contributed by atoms with van der Waals surface area (Å²) >= 11 is 0. The van der Waals surface area contributed by atoms with Crippen LogP contribution in [0.25, 0.3) is 0 Å². The highest BCUT2D eigenvalue weighted by Gasteiger charge is 2.24. The van der Waals surface area contributed by atoms with Crippen LogP contribution in [0.3, 0.4) is 0 Å². The minimum absolute atomic E-state index is 0.358. The lowest BCUT2D eigenvalue weighted by Crippen LogP contribution is -2.33. The van der Waals surface area contributed by atoms with Gasteiger partial charge in [0.2, 0.25) is 0 Å². The maximum Gasteiger partial charge on any atom is 0.0434 e. The lowest BCUT2D eigenvalue weighted by molar-refractivity contribution is 0.240. The molecule has 16 heavy (non-hydrogen) atoms. The van der Waals surface area contributed by atoms with Crippen molar-refractivity contribution in [2.75, 3.05) is 32.8 Å². The maximum absolute atomic E-state index is 8.92. The van der Waals surface area contributed by atoms with E-state index in [1.165, 1.54) is 45.4 Å². The third-order valence-electron chi connectivity index (χ3n) is 3.81. The standard InChI is InChI=1S/C13H26N2O/c1-11(8-14-13-2-3-13)9-15-6-4-12(10-15)5-7-16/h11-14,16H,2-10H2,1H3. The Balaban J connectivity index is 1.57. The normalized spacial score (nSPS) is 28.5. The number of aliphatic hydroxyl groups is 1.